The first-order chi connectivity index (χ1) is 5.34. The van der Waals surface area contributed by atoms with E-state index in [4.69, 9.17) is 0 Å². The first-order valence-corrected chi connectivity index (χ1v) is 4.47. The van der Waals surface area contributed by atoms with Crippen LogP contribution < -0.4 is 5.32 Å². The third-order valence-electron chi connectivity index (χ3n) is 2.64. The van der Waals surface area contributed by atoms with Gasteiger partial charge in [-0.25, -0.2) is 0 Å². The van der Waals surface area contributed by atoms with E-state index in [9.17, 15) is 4.79 Å². The minimum atomic E-state index is 0.327. The van der Waals surface area contributed by atoms with Crippen molar-refractivity contribution in [3.05, 3.63) is 0 Å². The SMILES string of the molecule is CC(N[C]=O)C1CCCCC1. The molecular formula is C9H16NO. The van der Waals surface area contributed by atoms with Crippen molar-refractivity contribution >= 4 is 6.41 Å². The Morgan fingerprint density at radius 1 is 1.36 bits per heavy atom. The first-order valence-electron chi connectivity index (χ1n) is 4.47. The van der Waals surface area contributed by atoms with Crippen molar-refractivity contribution in [2.24, 2.45) is 5.92 Å². The second-order valence-corrected chi connectivity index (χ2v) is 3.43. The smallest absolute Gasteiger partial charge is 0.309 e. The van der Waals surface area contributed by atoms with Crippen molar-refractivity contribution in [1.29, 1.82) is 0 Å². The molecule has 0 aromatic rings. The Kier molecular flexibility index (Phi) is 3.40. The lowest BCUT2D eigenvalue weighted by Crippen LogP contribution is -2.33. The van der Waals surface area contributed by atoms with Gasteiger partial charge in [-0.2, -0.15) is 0 Å². The zero-order valence-corrected chi connectivity index (χ0v) is 7.10. The summed E-state index contributed by atoms with van der Waals surface area (Å²) in [5, 5.41) is 2.71. The molecule has 0 spiro atoms. The number of hydrogen-bond donors (Lipinski definition) is 1. The third kappa shape index (κ3) is 2.52. The summed E-state index contributed by atoms with van der Waals surface area (Å²) in [7, 11) is 0. The van der Waals surface area contributed by atoms with Crippen LogP contribution in [0.15, 0.2) is 0 Å². The van der Waals surface area contributed by atoms with Crippen LogP contribution in [0.3, 0.4) is 0 Å². The normalized spacial score (nSPS) is 22.6. The summed E-state index contributed by atoms with van der Waals surface area (Å²) < 4.78 is 0. The molecule has 1 radical (unpaired) electrons. The fourth-order valence-electron chi connectivity index (χ4n) is 1.84. The largest absolute Gasteiger partial charge is 0.345 e. The summed E-state index contributed by atoms with van der Waals surface area (Å²) in [6.07, 6.45) is 8.34. The number of hydrogen-bond acceptors (Lipinski definition) is 1. The number of rotatable bonds is 3. The van der Waals surface area contributed by atoms with Crippen molar-refractivity contribution < 1.29 is 4.79 Å². The highest BCUT2D eigenvalue weighted by atomic mass is 16.1. The van der Waals surface area contributed by atoms with Gasteiger partial charge in [-0.1, -0.05) is 19.3 Å². The Balaban J connectivity index is 2.26. The second-order valence-electron chi connectivity index (χ2n) is 3.43. The molecule has 0 heterocycles. The monoisotopic (exact) mass is 154 g/mol. The van der Waals surface area contributed by atoms with Crippen LogP contribution in [0.5, 0.6) is 0 Å². The zero-order chi connectivity index (χ0) is 8.10. The van der Waals surface area contributed by atoms with Crippen LogP contribution in [0.25, 0.3) is 0 Å². The van der Waals surface area contributed by atoms with Gasteiger partial charge in [0.25, 0.3) is 0 Å². The second kappa shape index (κ2) is 4.37. The molecule has 1 saturated carbocycles. The molecule has 1 amide bonds. The van der Waals surface area contributed by atoms with E-state index in [1.165, 1.54) is 32.1 Å². The maximum absolute atomic E-state index is 10.0. The van der Waals surface area contributed by atoms with Gasteiger partial charge < -0.3 is 5.32 Å². The maximum atomic E-state index is 10.0. The molecule has 1 N–H and O–H groups in total. The molecule has 2 nitrogen and oxygen atoms in total. The third-order valence-corrected chi connectivity index (χ3v) is 2.64. The van der Waals surface area contributed by atoms with Crippen LogP contribution in [0.2, 0.25) is 0 Å². The first kappa shape index (κ1) is 8.57. The van der Waals surface area contributed by atoms with Gasteiger partial charge in [0, 0.05) is 6.04 Å². The molecule has 0 bridgehead atoms. The Labute approximate surface area is 68.4 Å². The predicted molar refractivity (Wildman–Crippen MR) is 44.9 cm³/mol. The van der Waals surface area contributed by atoms with Gasteiger partial charge in [0.1, 0.15) is 0 Å². The molecule has 0 aromatic heterocycles. The average Bonchev–Trinajstić information content (AvgIpc) is 2.07. The van der Waals surface area contributed by atoms with E-state index in [2.05, 4.69) is 12.2 Å². The van der Waals surface area contributed by atoms with E-state index < -0.39 is 0 Å². The molecule has 0 aliphatic heterocycles. The molecule has 2 heteroatoms. The van der Waals surface area contributed by atoms with Crippen molar-refractivity contribution in [2.45, 2.75) is 45.1 Å². The molecule has 11 heavy (non-hydrogen) atoms. The molecule has 1 rings (SSSR count). The van der Waals surface area contributed by atoms with E-state index in [1.807, 2.05) is 0 Å². The molecule has 1 fully saturated rings. The zero-order valence-electron chi connectivity index (χ0n) is 7.10. The lowest BCUT2D eigenvalue weighted by atomic mass is 9.85. The summed E-state index contributed by atoms with van der Waals surface area (Å²) in [6, 6.07) is 0.327. The Morgan fingerprint density at radius 2 is 2.00 bits per heavy atom. The molecule has 63 valence electrons. The Hall–Kier alpha value is -0.530. The molecule has 1 aliphatic carbocycles. The van der Waals surface area contributed by atoms with Crippen molar-refractivity contribution in [2.75, 3.05) is 0 Å². The number of amides is 1. The van der Waals surface area contributed by atoms with Gasteiger partial charge in [-0.3, -0.25) is 4.79 Å². The summed E-state index contributed by atoms with van der Waals surface area (Å²) >= 11 is 0. The van der Waals surface area contributed by atoms with Crippen molar-refractivity contribution in [1.82, 2.24) is 5.32 Å². The Bertz CT molecular complexity index is 119. The van der Waals surface area contributed by atoms with Crippen LogP contribution in [0, 0.1) is 5.92 Å². The summed E-state index contributed by atoms with van der Waals surface area (Å²) in [5.74, 6) is 0.699. The van der Waals surface area contributed by atoms with E-state index in [-0.39, 0.29) is 0 Å². The molecular weight excluding hydrogens is 138 g/mol. The van der Waals surface area contributed by atoms with Gasteiger partial charge in [0.15, 0.2) is 0 Å². The lowest BCUT2D eigenvalue weighted by Gasteiger charge is -2.26. The number of carbonyl (C=O) groups excluding carboxylic acids is 1. The average molecular weight is 154 g/mol. The topological polar surface area (TPSA) is 29.1 Å². The fourth-order valence-corrected chi connectivity index (χ4v) is 1.84. The van der Waals surface area contributed by atoms with Gasteiger partial charge in [0.05, 0.1) is 0 Å². The highest BCUT2D eigenvalue weighted by Gasteiger charge is 2.18. The molecule has 1 unspecified atom stereocenters. The molecule has 0 saturated heterocycles. The minimum absolute atomic E-state index is 0.327. The van der Waals surface area contributed by atoms with Crippen LogP contribution in [0.4, 0.5) is 0 Å². The summed E-state index contributed by atoms with van der Waals surface area (Å²) in [6.45, 7) is 2.07. The van der Waals surface area contributed by atoms with Crippen LogP contribution in [-0.2, 0) is 4.79 Å². The van der Waals surface area contributed by atoms with Gasteiger partial charge >= 0.3 is 6.41 Å². The summed E-state index contributed by atoms with van der Waals surface area (Å²) in [5.41, 5.74) is 0. The van der Waals surface area contributed by atoms with Crippen LogP contribution in [0.1, 0.15) is 39.0 Å². The fraction of sp³-hybridized carbons (Fsp3) is 0.889. The van der Waals surface area contributed by atoms with Crippen molar-refractivity contribution in [3.63, 3.8) is 0 Å². The predicted octanol–water partition coefficient (Wildman–Crippen LogP) is 1.61. The quantitative estimate of drug-likeness (QED) is 0.615. The Morgan fingerprint density at radius 3 is 2.55 bits per heavy atom. The molecule has 1 atom stereocenters. The van der Waals surface area contributed by atoms with E-state index >= 15 is 0 Å². The van der Waals surface area contributed by atoms with Crippen molar-refractivity contribution in [3.8, 4) is 0 Å². The standard InChI is InChI=1S/C9H16NO/c1-8(10-7-11)9-5-3-2-4-6-9/h8-9H,2-6H2,1H3,(H,10,11). The van der Waals surface area contributed by atoms with E-state index in [0.29, 0.717) is 12.0 Å². The molecule has 1 aliphatic rings. The highest BCUT2D eigenvalue weighted by molar-refractivity contribution is 5.47. The van der Waals surface area contributed by atoms with E-state index in [0.717, 1.165) is 0 Å². The molecule has 0 aromatic carbocycles. The van der Waals surface area contributed by atoms with E-state index in [1.54, 1.807) is 6.41 Å². The van der Waals surface area contributed by atoms with Crippen LogP contribution in [-0.4, -0.2) is 12.5 Å². The van der Waals surface area contributed by atoms with Gasteiger partial charge in [-0.15, -0.1) is 0 Å². The lowest BCUT2D eigenvalue weighted by molar-refractivity contribution is 0.299. The van der Waals surface area contributed by atoms with Crippen LogP contribution >= 0.6 is 0 Å². The summed E-state index contributed by atoms with van der Waals surface area (Å²) in [4.78, 5) is 10.0. The van der Waals surface area contributed by atoms with Gasteiger partial charge in [0.2, 0.25) is 0 Å². The van der Waals surface area contributed by atoms with Gasteiger partial charge in [-0.05, 0) is 25.7 Å². The maximum Gasteiger partial charge on any atom is 0.309 e. The minimum Gasteiger partial charge on any atom is -0.345 e. The number of nitrogens with one attached hydrogen (secondary N) is 1. The highest BCUT2D eigenvalue weighted by Crippen LogP contribution is 2.25.